The van der Waals surface area contributed by atoms with Gasteiger partial charge in [-0.1, -0.05) is 35.9 Å². The van der Waals surface area contributed by atoms with Gasteiger partial charge in [0.05, 0.1) is 5.39 Å². The second-order valence-corrected chi connectivity index (χ2v) is 10.6. The van der Waals surface area contributed by atoms with Gasteiger partial charge in [0.25, 0.3) is 0 Å². The van der Waals surface area contributed by atoms with Crippen molar-refractivity contribution in [2.24, 2.45) is 0 Å². The van der Waals surface area contributed by atoms with E-state index in [1.807, 2.05) is 61.5 Å². The lowest BCUT2D eigenvalue weighted by Gasteiger charge is -2.18. The summed E-state index contributed by atoms with van der Waals surface area (Å²) in [6, 6.07) is 16.1. The van der Waals surface area contributed by atoms with Gasteiger partial charge in [-0.3, -0.25) is 9.36 Å². The van der Waals surface area contributed by atoms with Gasteiger partial charge in [0.1, 0.15) is 12.1 Å². The molecule has 1 amide bonds. The van der Waals surface area contributed by atoms with Crippen LogP contribution in [0.5, 0.6) is 0 Å². The fourth-order valence-electron chi connectivity index (χ4n) is 4.37. The van der Waals surface area contributed by atoms with Crippen LogP contribution in [0.4, 0.5) is 11.5 Å². The number of anilines is 2. The Bertz CT molecular complexity index is 1460. The largest absolute Gasteiger partial charge is 0.383 e. The summed E-state index contributed by atoms with van der Waals surface area (Å²) in [4.78, 5) is 23.3. The highest BCUT2D eigenvalue weighted by Crippen LogP contribution is 2.38. The zero-order valence-electron chi connectivity index (χ0n) is 20.0. The summed E-state index contributed by atoms with van der Waals surface area (Å²) in [7, 11) is 1.79. The van der Waals surface area contributed by atoms with Crippen LogP contribution in [-0.2, 0) is 4.79 Å². The molecule has 0 unspecified atom stereocenters. The number of halogens is 2. The van der Waals surface area contributed by atoms with Gasteiger partial charge in [0.15, 0.2) is 5.65 Å². The highest BCUT2D eigenvalue weighted by atomic mass is 127. The van der Waals surface area contributed by atoms with Crippen molar-refractivity contribution >= 4 is 62.9 Å². The number of hydrogen-bond donors (Lipinski definition) is 1. The van der Waals surface area contributed by atoms with Crippen LogP contribution >= 0.6 is 34.5 Å². The normalized spacial score (nSPS) is 13.7. The van der Waals surface area contributed by atoms with Crippen LogP contribution < -0.4 is 10.6 Å². The Morgan fingerprint density at radius 3 is 2.69 bits per heavy atom. The van der Waals surface area contributed by atoms with Gasteiger partial charge in [-0.2, -0.15) is 0 Å². The molecule has 9 heteroatoms. The molecule has 2 N–H and O–H groups in total. The molecule has 5 rings (SSSR count). The lowest BCUT2D eigenvalue weighted by atomic mass is 10.0. The molecule has 0 atom stereocenters. The topological polar surface area (TPSA) is 80.3 Å². The smallest absolute Gasteiger partial charge is 0.250 e. The summed E-state index contributed by atoms with van der Waals surface area (Å²) in [5.41, 5.74) is 11.6. The monoisotopic (exact) mass is 612 g/mol. The second-order valence-electron chi connectivity index (χ2n) is 8.89. The number of nitrogens with zero attached hydrogens (tertiary/aromatic N) is 5. The summed E-state index contributed by atoms with van der Waals surface area (Å²) in [5, 5.41) is 1.45. The fraction of sp³-hybridized carbons (Fsp3) is 0.222. The lowest BCUT2D eigenvalue weighted by molar-refractivity contribution is -0.113. The minimum atomic E-state index is -0.0738. The molecule has 7 nitrogen and oxygen atoms in total. The molecule has 0 saturated heterocycles. The number of nitrogen functional groups attached to an aromatic ring is 1. The Balaban J connectivity index is 1.51. The highest BCUT2D eigenvalue weighted by molar-refractivity contribution is 14.1. The predicted octanol–water partition coefficient (Wildman–Crippen LogP) is 5.96. The molecule has 184 valence electrons. The molecule has 1 saturated carbocycles. The van der Waals surface area contributed by atoms with E-state index in [4.69, 9.17) is 17.3 Å². The van der Waals surface area contributed by atoms with Crippen LogP contribution in [0.25, 0.3) is 27.8 Å². The number of aromatic nitrogens is 3. The molecule has 1 fully saturated rings. The first-order chi connectivity index (χ1) is 17.3. The maximum Gasteiger partial charge on any atom is 0.250 e. The Morgan fingerprint density at radius 1 is 1.22 bits per heavy atom. The Hall–Kier alpha value is -2.95. The molecular formula is C27H26ClIN6O. The number of amides is 1. The maximum atomic E-state index is 12.9. The van der Waals surface area contributed by atoms with E-state index in [1.165, 1.54) is 19.2 Å². The Kier molecular flexibility index (Phi) is 7.00. The minimum absolute atomic E-state index is 0.0738. The maximum absolute atomic E-state index is 12.9. The molecule has 36 heavy (non-hydrogen) atoms. The summed E-state index contributed by atoms with van der Waals surface area (Å²) < 4.78 is 4.30. The molecule has 2 heterocycles. The van der Waals surface area contributed by atoms with Crippen molar-refractivity contribution in [1.29, 1.82) is 0 Å². The van der Waals surface area contributed by atoms with Gasteiger partial charge in [-0.25, -0.2) is 13.1 Å². The van der Waals surface area contributed by atoms with Crippen molar-refractivity contribution in [2.75, 3.05) is 24.2 Å². The third-order valence-electron chi connectivity index (χ3n) is 6.44. The summed E-state index contributed by atoms with van der Waals surface area (Å²) in [6.07, 6.45) is 7.52. The molecule has 0 aliphatic heterocycles. The van der Waals surface area contributed by atoms with Crippen molar-refractivity contribution in [3.8, 4) is 16.8 Å². The summed E-state index contributed by atoms with van der Waals surface area (Å²) in [6.45, 7) is 2.79. The molecule has 4 aromatic rings. The van der Waals surface area contributed by atoms with E-state index in [2.05, 4.69) is 40.5 Å². The minimum Gasteiger partial charge on any atom is -0.383 e. The van der Waals surface area contributed by atoms with Crippen LogP contribution in [0.3, 0.4) is 0 Å². The number of rotatable bonds is 7. The van der Waals surface area contributed by atoms with Crippen molar-refractivity contribution < 1.29 is 4.79 Å². The molecule has 2 aromatic carbocycles. The third-order valence-corrected chi connectivity index (χ3v) is 7.87. The van der Waals surface area contributed by atoms with E-state index in [9.17, 15) is 4.79 Å². The number of carbonyl (C=O) groups excluding carboxylic acids is 1. The van der Waals surface area contributed by atoms with E-state index in [-0.39, 0.29) is 5.91 Å². The number of likely N-dealkylation sites (N-methyl/N-ethyl adjacent to an activating group) is 1. The Labute approximate surface area is 229 Å². The second kappa shape index (κ2) is 10.2. The first kappa shape index (κ1) is 24.7. The Morgan fingerprint density at radius 2 is 1.97 bits per heavy atom. The quantitative estimate of drug-likeness (QED) is 0.158. The highest BCUT2D eigenvalue weighted by Gasteiger charge is 2.26. The van der Waals surface area contributed by atoms with Crippen LogP contribution in [0.15, 0.2) is 67.0 Å². The number of nitrogens with two attached hydrogens (primary N) is 1. The molecular weight excluding hydrogens is 587 g/mol. The third kappa shape index (κ3) is 4.85. The lowest BCUT2D eigenvalue weighted by Crippen LogP contribution is -2.24. The van der Waals surface area contributed by atoms with Crippen molar-refractivity contribution in [2.45, 2.75) is 25.8 Å². The summed E-state index contributed by atoms with van der Waals surface area (Å²) >= 11 is 8.46. The van der Waals surface area contributed by atoms with Crippen molar-refractivity contribution in [1.82, 2.24) is 17.6 Å². The first-order valence-corrected chi connectivity index (χ1v) is 13.0. The standard InChI is InChI=1S/C27H26ClIN6O/c1-17-24(18-8-10-19(28)11-9-18)25-26(30)31-16-32-27(25)35(17)22-6-3-5-21(15-22)33(2)23(36)7-4-14-34(29)20-12-13-20/h3-11,15-16,20H,12-14H2,1-2H3,(H2,30,31,32)/b7-4+. The van der Waals surface area contributed by atoms with Crippen LogP contribution in [-0.4, -0.2) is 43.2 Å². The van der Waals surface area contributed by atoms with Crippen LogP contribution in [0.1, 0.15) is 18.5 Å². The predicted molar refractivity (Wildman–Crippen MR) is 155 cm³/mol. The van der Waals surface area contributed by atoms with Gasteiger partial charge in [-0.15, -0.1) is 0 Å². The fourth-order valence-corrected chi connectivity index (χ4v) is 5.28. The van der Waals surface area contributed by atoms with Gasteiger partial charge in [0, 0.05) is 76.2 Å². The van der Waals surface area contributed by atoms with E-state index in [0.29, 0.717) is 22.5 Å². The number of hydrogen-bond acceptors (Lipinski definition) is 5. The van der Waals surface area contributed by atoms with Crippen LogP contribution in [0.2, 0.25) is 5.02 Å². The SMILES string of the molecule is Cc1c(-c2ccc(Cl)cc2)c2c(N)ncnc2n1-c1cccc(N(C)C(=O)/C=C/CN(I)C2CC2)c1. The van der Waals surface area contributed by atoms with Crippen molar-refractivity contribution in [3.63, 3.8) is 0 Å². The molecule has 1 aliphatic rings. The molecule has 1 aliphatic carbocycles. The van der Waals surface area contributed by atoms with E-state index >= 15 is 0 Å². The molecule has 2 aromatic heterocycles. The number of benzene rings is 2. The average molecular weight is 613 g/mol. The zero-order valence-corrected chi connectivity index (χ0v) is 22.9. The zero-order chi connectivity index (χ0) is 25.4. The van der Waals surface area contributed by atoms with Crippen molar-refractivity contribution in [3.05, 3.63) is 77.7 Å². The van der Waals surface area contributed by atoms with Gasteiger partial charge in [-0.05, 0) is 55.7 Å². The average Bonchev–Trinajstić information content (AvgIpc) is 3.68. The van der Waals surface area contributed by atoms with Gasteiger partial charge in [0.2, 0.25) is 5.91 Å². The van der Waals surface area contributed by atoms with Gasteiger partial charge < -0.3 is 10.6 Å². The van der Waals surface area contributed by atoms with Gasteiger partial charge >= 0.3 is 0 Å². The number of fused-ring (bicyclic) bond motifs is 1. The molecule has 0 bridgehead atoms. The molecule has 0 radical (unpaired) electrons. The van der Waals surface area contributed by atoms with Crippen LogP contribution in [0, 0.1) is 6.92 Å². The molecule has 0 spiro atoms. The first-order valence-electron chi connectivity index (χ1n) is 11.7. The van der Waals surface area contributed by atoms with E-state index in [1.54, 1.807) is 18.0 Å². The van der Waals surface area contributed by atoms with E-state index < -0.39 is 0 Å². The summed E-state index contributed by atoms with van der Waals surface area (Å²) in [5.74, 6) is 0.339. The number of carbonyl (C=O) groups is 1. The van der Waals surface area contributed by atoms with E-state index in [0.717, 1.165) is 40.1 Å².